The van der Waals surface area contributed by atoms with Crippen LogP contribution < -0.4 is 10.6 Å². The van der Waals surface area contributed by atoms with Crippen molar-refractivity contribution in [3.63, 3.8) is 0 Å². The lowest BCUT2D eigenvalue weighted by Crippen LogP contribution is -2.42. The molecule has 0 aliphatic rings. The Morgan fingerprint density at radius 2 is 1.45 bits per heavy atom. The standard InChI is InChI=1S/C18H24N2/c1-18(2,20-16-12-8-5-9-13-16)17(14-19-3)15-10-6-4-7-11-15/h4-13,17,19-20H,14H2,1-3H3. The third kappa shape index (κ3) is 3.61. The van der Waals surface area contributed by atoms with Gasteiger partial charge in [0.25, 0.3) is 0 Å². The second-order valence-electron chi connectivity index (χ2n) is 5.73. The molecule has 2 heteroatoms. The molecule has 1 unspecified atom stereocenters. The first-order valence-corrected chi connectivity index (χ1v) is 7.16. The van der Waals surface area contributed by atoms with Crippen molar-refractivity contribution < 1.29 is 0 Å². The zero-order valence-corrected chi connectivity index (χ0v) is 12.6. The summed E-state index contributed by atoms with van der Waals surface area (Å²) in [5.74, 6) is 0.397. The summed E-state index contributed by atoms with van der Waals surface area (Å²) in [5.41, 5.74) is 2.48. The molecule has 0 bridgehead atoms. The highest BCUT2D eigenvalue weighted by atomic mass is 15.0. The van der Waals surface area contributed by atoms with E-state index in [1.807, 2.05) is 13.1 Å². The molecule has 0 aromatic heterocycles. The molecule has 0 amide bonds. The Morgan fingerprint density at radius 3 is 2.00 bits per heavy atom. The normalized spacial score (nSPS) is 12.9. The molecule has 2 aromatic rings. The molecule has 2 rings (SSSR count). The Morgan fingerprint density at radius 1 is 0.900 bits per heavy atom. The Bertz CT molecular complexity index is 505. The third-order valence-corrected chi connectivity index (χ3v) is 3.72. The van der Waals surface area contributed by atoms with Gasteiger partial charge in [0.2, 0.25) is 0 Å². The van der Waals surface area contributed by atoms with Gasteiger partial charge >= 0.3 is 0 Å². The fraction of sp³-hybridized carbons (Fsp3) is 0.333. The minimum atomic E-state index is -0.0360. The first-order valence-electron chi connectivity index (χ1n) is 7.16. The van der Waals surface area contributed by atoms with Gasteiger partial charge in [0.05, 0.1) is 0 Å². The van der Waals surface area contributed by atoms with Gasteiger partial charge in [0, 0.05) is 23.7 Å². The fourth-order valence-corrected chi connectivity index (χ4v) is 2.66. The molecule has 2 nitrogen and oxygen atoms in total. The molecule has 1 atom stereocenters. The number of likely N-dealkylation sites (N-methyl/N-ethyl adjacent to an activating group) is 1. The Labute approximate surface area is 122 Å². The number of nitrogens with one attached hydrogen (secondary N) is 2. The van der Waals surface area contributed by atoms with Crippen molar-refractivity contribution in [1.82, 2.24) is 5.32 Å². The lowest BCUT2D eigenvalue weighted by Gasteiger charge is -2.36. The molecule has 20 heavy (non-hydrogen) atoms. The highest BCUT2D eigenvalue weighted by Crippen LogP contribution is 2.30. The van der Waals surface area contributed by atoms with E-state index in [2.05, 4.69) is 79.1 Å². The lowest BCUT2D eigenvalue weighted by atomic mass is 9.81. The van der Waals surface area contributed by atoms with E-state index in [0.717, 1.165) is 12.2 Å². The van der Waals surface area contributed by atoms with E-state index < -0.39 is 0 Å². The quantitative estimate of drug-likeness (QED) is 0.831. The minimum absolute atomic E-state index is 0.0360. The summed E-state index contributed by atoms with van der Waals surface area (Å²) in [6.45, 7) is 5.46. The van der Waals surface area contributed by atoms with Crippen LogP contribution in [0.3, 0.4) is 0 Å². The number of para-hydroxylation sites is 1. The summed E-state index contributed by atoms with van der Waals surface area (Å²) in [6.07, 6.45) is 0. The van der Waals surface area contributed by atoms with Crippen LogP contribution in [0.15, 0.2) is 60.7 Å². The molecule has 0 radical (unpaired) electrons. The number of anilines is 1. The third-order valence-electron chi connectivity index (χ3n) is 3.72. The monoisotopic (exact) mass is 268 g/mol. The summed E-state index contributed by atoms with van der Waals surface area (Å²) >= 11 is 0. The molecular formula is C18H24N2. The van der Waals surface area contributed by atoms with Gasteiger partial charge in [-0.3, -0.25) is 0 Å². The summed E-state index contributed by atoms with van der Waals surface area (Å²) in [7, 11) is 2.01. The first-order chi connectivity index (χ1) is 9.63. The molecule has 0 aliphatic heterocycles. The average molecular weight is 268 g/mol. The van der Waals surface area contributed by atoms with Crippen LogP contribution in [-0.2, 0) is 0 Å². The molecule has 0 fully saturated rings. The first kappa shape index (κ1) is 14.6. The molecular weight excluding hydrogens is 244 g/mol. The van der Waals surface area contributed by atoms with Crippen molar-refractivity contribution in [3.05, 3.63) is 66.2 Å². The van der Waals surface area contributed by atoms with Crippen LogP contribution in [0, 0.1) is 0 Å². The van der Waals surface area contributed by atoms with Crippen molar-refractivity contribution >= 4 is 5.69 Å². The molecule has 0 saturated carbocycles. The Hall–Kier alpha value is -1.80. The van der Waals surface area contributed by atoms with Crippen molar-refractivity contribution in [2.24, 2.45) is 0 Å². The van der Waals surface area contributed by atoms with E-state index >= 15 is 0 Å². The topological polar surface area (TPSA) is 24.1 Å². The maximum absolute atomic E-state index is 3.66. The second-order valence-corrected chi connectivity index (χ2v) is 5.73. The molecule has 0 heterocycles. The summed E-state index contributed by atoms with van der Waals surface area (Å²) in [4.78, 5) is 0. The molecule has 0 aliphatic carbocycles. The largest absolute Gasteiger partial charge is 0.379 e. The van der Waals surface area contributed by atoms with Crippen LogP contribution in [0.25, 0.3) is 0 Å². The van der Waals surface area contributed by atoms with E-state index in [1.54, 1.807) is 0 Å². The summed E-state index contributed by atoms with van der Waals surface area (Å²) < 4.78 is 0. The van der Waals surface area contributed by atoms with Crippen LogP contribution in [0.4, 0.5) is 5.69 Å². The van der Waals surface area contributed by atoms with Crippen LogP contribution in [0.1, 0.15) is 25.3 Å². The number of rotatable bonds is 6. The zero-order valence-electron chi connectivity index (χ0n) is 12.6. The van der Waals surface area contributed by atoms with Gasteiger partial charge in [-0.1, -0.05) is 48.5 Å². The molecule has 106 valence electrons. The molecule has 2 N–H and O–H groups in total. The highest BCUT2D eigenvalue weighted by Gasteiger charge is 2.30. The SMILES string of the molecule is CNCC(c1ccccc1)C(C)(C)Nc1ccccc1. The smallest absolute Gasteiger partial charge is 0.0398 e. The van der Waals surface area contributed by atoms with Gasteiger partial charge in [0.1, 0.15) is 0 Å². The van der Waals surface area contributed by atoms with Gasteiger partial charge in [-0.05, 0) is 38.6 Å². The average Bonchev–Trinajstić information content (AvgIpc) is 2.46. The van der Waals surface area contributed by atoms with Gasteiger partial charge in [-0.15, -0.1) is 0 Å². The number of benzene rings is 2. The highest BCUT2D eigenvalue weighted by molar-refractivity contribution is 5.46. The molecule has 2 aromatic carbocycles. The predicted octanol–water partition coefficient (Wildman–Crippen LogP) is 3.88. The number of hydrogen-bond acceptors (Lipinski definition) is 2. The van der Waals surface area contributed by atoms with Gasteiger partial charge in [-0.25, -0.2) is 0 Å². The van der Waals surface area contributed by atoms with Crippen LogP contribution in [0.5, 0.6) is 0 Å². The van der Waals surface area contributed by atoms with Gasteiger partial charge < -0.3 is 10.6 Å². The van der Waals surface area contributed by atoms with Gasteiger partial charge in [-0.2, -0.15) is 0 Å². The van der Waals surface area contributed by atoms with Crippen molar-refractivity contribution in [3.8, 4) is 0 Å². The van der Waals surface area contributed by atoms with E-state index in [9.17, 15) is 0 Å². The van der Waals surface area contributed by atoms with Crippen molar-refractivity contribution in [1.29, 1.82) is 0 Å². The van der Waals surface area contributed by atoms with Gasteiger partial charge in [0.15, 0.2) is 0 Å². The van der Waals surface area contributed by atoms with Crippen LogP contribution in [-0.4, -0.2) is 19.1 Å². The Kier molecular flexibility index (Phi) is 4.80. The number of hydrogen-bond donors (Lipinski definition) is 2. The van der Waals surface area contributed by atoms with E-state index in [4.69, 9.17) is 0 Å². The lowest BCUT2D eigenvalue weighted by molar-refractivity contribution is 0.432. The maximum atomic E-state index is 3.66. The van der Waals surface area contributed by atoms with E-state index in [1.165, 1.54) is 5.56 Å². The predicted molar refractivity (Wildman–Crippen MR) is 87.3 cm³/mol. The van der Waals surface area contributed by atoms with Crippen molar-refractivity contribution in [2.75, 3.05) is 18.9 Å². The van der Waals surface area contributed by atoms with E-state index in [0.29, 0.717) is 5.92 Å². The second kappa shape index (κ2) is 6.58. The summed E-state index contributed by atoms with van der Waals surface area (Å²) in [6, 6.07) is 21.1. The molecule has 0 spiro atoms. The zero-order chi connectivity index (χ0) is 14.4. The maximum Gasteiger partial charge on any atom is 0.0398 e. The summed E-state index contributed by atoms with van der Waals surface area (Å²) in [5, 5.41) is 6.98. The minimum Gasteiger partial charge on any atom is -0.379 e. The van der Waals surface area contributed by atoms with Crippen LogP contribution >= 0.6 is 0 Å². The van der Waals surface area contributed by atoms with Crippen LogP contribution in [0.2, 0.25) is 0 Å². The Balaban J connectivity index is 2.23. The molecule has 0 saturated heterocycles. The fourth-order valence-electron chi connectivity index (χ4n) is 2.66. The van der Waals surface area contributed by atoms with Crippen molar-refractivity contribution in [2.45, 2.75) is 25.3 Å². The van der Waals surface area contributed by atoms with E-state index in [-0.39, 0.29) is 5.54 Å².